The van der Waals surface area contributed by atoms with E-state index in [0.717, 1.165) is 0 Å². The molecule has 20 heavy (non-hydrogen) atoms. The van der Waals surface area contributed by atoms with Gasteiger partial charge in [-0.05, 0) is 52.8 Å². The van der Waals surface area contributed by atoms with E-state index in [9.17, 15) is 13.2 Å². The van der Waals surface area contributed by atoms with Gasteiger partial charge >= 0.3 is 0 Å². The third-order valence-electron chi connectivity index (χ3n) is 2.27. The third kappa shape index (κ3) is 4.94. The van der Waals surface area contributed by atoms with Gasteiger partial charge in [-0.2, -0.15) is 0 Å². The van der Waals surface area contributed by atoms with Crippen molar-refractivity contribution in [3.8, 4) is 0 Å². The van der Waals surface area contributed by atoms with Crippen molar-refractivity contribution in [1.29, 1.82) is 0 Å². The van der Waals surface area contributed by atoms with Crippen molar-refractivity contribution in [3.05, 3.63) is 29.8 Å². The first-order valence-electron chi connectivity index (χ1n) is 6.46. The van der Waals surface area contributed by atoms with E-state index in [0.29, 0.717) is 5.56 Å². The van der Waals surface area contributed by atoms with Crippen LogP contribution >= 0.6 is 0 Å². The van der Waals surface area contributed by atoms with Gasteiger partial charge in [0, 0.05) is 17.1 Å². The molecule has 6 heteroatoms. The van der Waals surface area contributed by atoms with Crippen molar-refractivity contribution in [2.45, 2.75) is 51.1 Å². The Hall–Kier alpha value is -1.40. The van der Waals surface area contributed by atoms with E-state index in [1.54, 1.807) is 32.9 Å². The minimum Gasteiger partial charge on any atom is -0.350 e. The Morgan fingerprint density at radius 2 is 1.80 bits per heavy atom. The molecule has 1 aromatic carbocycles. The zero-order valence-corrected chi connectivity index (χ0v) is 13.3. The minimum absolute atomic E-state index is 0.00420. The Kier molecular flexibility index (Phi) is 4.94. The number of carbonyl (C=O) groups excluding carboxylic acids is 1. The lowest BCUT2D eigenvalue weighted by atomic mass is 10.1. The standard InChI is InChI=1S/C14H22N2O3S/c1-10(2)15-13(17)11-7-6-8-12(9-11)20(18,19)16-14(3,4)5/h6-10,16H,1-5H3,(H,15,17). The first-order valence-corrected chi connectivity index (χ1v) is 7.94. The highest BCUT2D eigenvalue weighted by molar-refractivity contribution is 7.89. The van der Waals surface area contributed by atoms with E-state index in [4.69, 9.17) is 0 Å². The van der Waals surface area contributed by atoms with Crippen molar-refractivity contribution in [3.63, 3.8) is 0 Å². The molecule has 5 nitrogen and oxygen atoms in total. The van der Waals surface area contributed by atoms with E-state index >= 15 is 0 Å². The van der Waals surface area contributed by atoms with E-state index in [2.05, 4.69) is 10.0 Å². The Bertz CT molecular complexity index is 587. The zero-order chi connectivity index (χ0) is 15.6. The summed E-state index contributed by atoms with van der Waals surface area (Å²) < 4.78 is 27.0. The van der Waals surface area contributed by atoms with Crippen molar-refractivity contribution < 1.29 is 13.2 Å². The lowest BCUT2D eigenvalue weighted by Crippen LogP contribution is -2.40. The predicted molar refractivity (Wildman–Crippen MR) is 79.1 cm³/mol. The lowest BCUT2D eigenvalue weighted by Gasteiger charge is -2.20. The summed E-state index contributed by atoms with van der Waals surface area (Å²) in [6.45, 7) is 8.99. The number of benzene rings is 1. The van der Waals surface area contributed by atoms with Crippen LogP contribution in [0.1, 0.15) is 45.0 Å². The molecule has 0 fully saturated rings. The van der Waals surface area contributed by atoms with Crippen molar-refractivity contribution in [2.24, 2.45) is 0 Å². The Balaban J connectivity index is 3.07. The highest BCUT2D eigenvalue weighted by Crippen LogP contribution is 2.14. The lowest BCUT2D eigenvalue weighted by molar-refractivity contribution is 0.0943. The maximum atomic E-state index is 12.2. The second-order valence-electron chi connectivity index (χ2n) is 6.01. The second-order valence-corrected chi connectivity index (χ2v) is 7.69. The molecule has 0 radical (unpaired) electrons. The van der Waals surface area contributed by atoms with Gasteiger partial charge in [0.1, 0.15) is 0 Å². The van der Waals surface area contributed by atoms with E-state index in [-0.39, 0.29) is 16.8 Å². The monoisotopic (exact) mass is 298 g/mol. The van der Waals surface area contributed by atoms with Crippen molar-refractivity contribution in [1.82, 2.24) is 10.0 Å². The van der Waals surface area contributed by atoms with E-state index in [1.807, 2.05) is 13.8 Å². The fourth-order valence-corrected chi connectivity index (χ4v) is 3.08. The largest absolute Gasteiger partial charge is 0.350 e. The predicted octanol–water partition coefficient (Wildman–Crippen LogP) is 1.90. The Morgan fingerprint density at radius 1 is 1.20 bits per heavy atom. The molecule has 112 valence electrons. The fraction of sp³-hybridized carbons (Fsp3) is 0.500. The maximum absolute atomic E-state index is 12.2. The molecule has 0 saturated heterocycles. The van der Waals surface area contributed by atoms with Crippen molar-refractivity contribution in [2.75, 3.05) is 0 Å². The molecule has 1 aromatic rings. The highest BCUT2D eigenvalue weighted by Gasteiger charge is 2.22. The van der Waals surface area contributed by atoms with Crippen LogP contribution in [0.3, 0.4) is 0 Å². The summed E-state index contributed by atoms with van der Waals surface area (Å²) in [6.07, 6.45) is 0. The molecule has 0 unspecified atom stereocenters. The average Bonchev–Trinajstić information content (AvgIpc) is 2.25. The summed E-state index contributed by atoms with van der Waals surface area (Å²) in [6, 6.07) is 6.00. The first-order chi connectivity index (χ1) is 9.01. The van der Waals surface area contributed by atoms with Crippen LogP contribution < -0.4 is 10.0 Å². The SMILES string of the molecule is CC(C)NC(=O)c1cccc(S(=O)(=O)NC(C)(C)C)c1. The van der Waals surface area contributed by atoms with Gasteiger partial charge in [-0.15, -0.1) is 0 Å². The van der Waals surface area contributed by atoms with Crippen LogP contribution in [0.25, 0.3) is 0 Å². The maximum Gasteiger partial charge on any atom is 0.251 e. The molecule has 0 aliphatic carbocycles. The summed E-state index contributed by atoms with van der Waals surface area (Å²) in [5, 5.41) is 2.73. The fourth-order valence-electron chi connectivity index (χ4n) is 1.61. The number of carbonyl (C=O) groups is 1. The smallest absolute Gasteiger partial charge is 0.251 e. The van der Waals surface area contributed by atoms with Gasteiger partial charge < -0.3 is 5.32 Å². The number of hydrogen-bond acceptors (Lipinski definition) is 3. The summed E-state index contributed by atoms with van der Waals surface area (Å²) in [7, 11) is -3.63. The number of rotatable bonds is 4. The van der Waals surface area contributed by atoms with Crippen LogP contribution in [-0.4, -0.2) is 25.9 Å². The molecule has 0 aliphatic rings. The Labute approximate surface area is 120 Å². The van der Waals surface area contributed by atoms with Crippen molar-refractivity contribution >= 4 is 15.9 Å². The minimum atomic E-state index is -3.63. The normalized spacial score (nSPS) is 12.5. The van der Waals surface area contributed by atoms with Gasteiger partial charge in [-0.25, -0.2) is 13.1 Å². The van der Waals surface area contributed by atoms with Gasteiger partial charge in [0.25, 0.3) is 5.91 Å². The van der Waals surface area contributed by atoms with Gasteiger partial charge in [0.05, 0.1) is 4.90 Å². The molecule has 1 rings (SSSR count). The molecule has 0 bridgehead atoms. The third-order valence-corrected chi connectivity index (χ3v) is 4.02. The van der Waals surface area contributed by atoms with Gasteiger partial charge in [-0.1, -0.05) is 6.07 Å². The molecule has 0 spiro atoms. The molecule has 0 aliphatic heterocycles. The Morgan fingerprint density at radius 3 is 2.30 bits per heavy atom. The summed E-state index contributed by atoms with van der Waals surface area (Å²) in [4.78, 5) is 12.0. The van der Waals surface area contributed by atoms with Crippen LogP contribution in [0.4, 0.5) is 0 Å². The van der Waals surface area contributed by atoms with Gasteiger partial charge in [0.15, 0.2) is 0 Å². The molecule has 0 saturated carbocycles. The van der Waals surface area contributed by atoms with Crippen LogP contribution in [0.15, 0.2) is 29.2 Å². The topological polar surface area (TPSA) is 75.3 Å². The molecule has 0 atom stereocenters. The molecule has 2 N–H and O–H groups in total. The summed E-state index contributed by atoms with van der Waals surface area (Å²) >= 11 is 0. The molecule has 0 heterocycles. The second kappa shape index (κ2) is 5.93. The van der Waals surface area contributed by atoms with Crippen LogP contribution in [-0.2, 0) is 10.0 Å². The summed E-state index contributed by atoms with van der Waals surface area (Å²) in [5.74, 6) is -0.284. The number of hydrogen-bond donors (Lipinski definition) is 2. The average molecular weight is 298 g/mol. The molecular formula is C14H22N2O3S. The van der Waals surface area contributed by atoms with E-state index in [1.165, 1.54) is 12.1 Å². The molecule has 1 amide bonds. The van der Waals surface area contributed by atoms with Gasteiger partial charge in [-0.3, -0.25) is 4.79 Å². The van der Waals surface area contributed by atoms with Crippen LogP contribution in [0.5, 0.6) is 0 Å². The first kappa shape index (κ1) is 16.7. The molecular weight excluding hydrogens is 276 g/mol. The highest BCUT2D eigenvalue weighted by atomic mass is 32.2. The van der Waals surface area contributed by atoms with E-state index < -0.39 is 15.6 Å². The number of amides is 1. The number of sulfonamides is 1. The van der Waals surface area contributed by atoms with Crippen LogP contribution in [0, 0.1) is 0 Å². The number of nitrogens with one attached hydrogen (secondary N) is 2. The molecule has 0 aromatic heterocycles. The van der Waals surface area contributed by atoms with Crippen LogP contribution in [0.2, 0.25) is 0 Å². The van der Waals surface area contributed by atoms with Gasteiger partial charge in [0.2, 0.25) is 10.0 Å². The quantitative estimate of drug-likeness (QED) is 0.891. The summed E-state index contributed by atoms with van der Waals surface area (Å²) in [5.41, 5.74) is -0.245. The zero-order valence-electron chi connectivity index (χ0n) is 12.5.